The summed E-state index contributed by atoms with van der Waals surface area (Å²) in [7, 11) is -7.34. The van der Waals surface area contributed by atoms with Crippen LogP contribution in [-0.2, 0) is 41.9 Å². The third-order valence-electron chi connectivity index (χ3n) is 3.72. The average Bonchev–Trinajstić information content (AvgIpc) is 2.67. The van der Waals surface area contributed by atoms with Gasteiger partial charge < -0.3 is 23.3 Å². The van der Waals surface area contributed by atoms with Crippen LogP contribution in [0.3, 0.4) is 0 Å². The van der Waals surface area contributed by atoms with Gasteiger partial charge in [-0.25, -0.2) is 0 Å². The van der Waals surface area contributed by atoms with Crippen molar-refractivity contribution in [2.24, 2.45) is 13.5 Å². The Hall–Kier alpha value is -0.510. The molecule has 2 rings (SSSR count). The lowest BCUT2D eigenvalue weighted by atomic mass is 10.4. The van der Waals surface area contributed by atoms with Gasteiger partial charge in [-0.1, -0.05) is 0 Å². The molecule has 35 heavy (non-hydrogen) atoms. The zero-order valence-corrected chi connectivity index (χ0v) is 24.1. The number of allylic oxidation sites excluding steroid dienone is 4. The first-order valence-corrected chi connectivity index (χ1v) is 17.1. The standard InChI is InChI=1S/C18H30Cl2N3O9P3/c1-15(24)13-17(3)31-34-21-33(19,20)22-35(23-34,32-18(4)14-16(2)25)30-12-10-28-8-6-26-5-7-27-9-11-29-34/h13-14H,5-12H2,1-4H3/b17-13+,18-14+. The molecule has 0 spiro atoms. The predicted molar refractivity (Wildman–Crippen MR) is 135 cm³/mol. The summed E-state index contributed by atoms with van der Waals surface area (Å²) in [6.07, 6.45) is 2.50. The first-order chi connectivity index (χ1) is 16.4. The van der Waals surface area contributed by atoms with Gasteiger partial charge in [0.05, 0.1) is 52.9 Å². The van der Waals surface area contributed by atoms with Gasteiger partial charge in [-0.3, -0.25) is 18.6 Å². The van der Waals surface area contributed by atoms with Crippen molar-refractivity contribution in [3.05, 3.63) is 23.7 Å². The smallest absolute Gasteiger partial charge is 0.401 e. The summed E-state index contributed by atoms with van der Waals surface area (Å²) < 4.78 is 53.5. The molecule has 0 saturated heterocycles. The zero-order chi connectivity index (χ0) is 26.0. The van der Waals surface area contributed by atoms with Gasteiger partial charge >= 0.3 is 15.3 Å². The maximum absolute atomic E-state index is 11.6. The molecular formula is C18H30Cl2N3O9P3. The quantitative estimate of drug-likeness (QED) is 0.193. The summed E-state index contributed by atoms with van der Waals surface area (Å²) in [5.74, 6) is -3.66. The molecule has 12 nitrogen and oxygen atoms in total. The molecule has 0 fully saturated rings. The molecule has 2 heterocycles. The molecule has 0 radical (unpaired) electrons. The maximum atomic E-state index is 11.6. The maximum Gasteiger partial charge on any atom is 0.401 e. The van der Waals surface area contributed by atoms with E-state index in [4.69, 9.17) is 54.8 Å². The highest BCUT2D eigenvalue weighted by Gasteiger charge is 2.42. The van der Waals surface area contributed by atoms with Gasteiger partial charge in [0.2, 0.25) is 0 Å². The second-order valence-corrected chi connectivity index (χ2v) is 16.4. The van der Waals surface area contributed by atoms with E-state index in [1.54, 1.807) is 13.8 Å². The van der Waals surface area contributed by atoms with E-state index in [0.717, 1.165) is 0 Å². The lowest BCUT2D eigenvalue weighted by Crippen LogP contribution is -2.14. The summed E-state index contributed by atoms with van der Waals surface area (Å²) in [5.41, 5.74) is 0. The molecule has 0 saturated carbocycles. The van der Waals surface area contributed by atoms with Gasteiger partial charge in [-0.15, -0.1) is 4.52 Å². The fourth-order valence-electron chi connectivity index (χ4n) is 2.67. The number of nitrogens with zero attached hydrogens (tertiary/aromatic N) is 3. The minimum Gasteiger partial charge on any atom is -0.427 e. The molecule has 0 aromatic carbocycles. The minimum absolute atomic E-state index is 0.00723. The fourth-order valence-corrected chi connectivity index (χ4v) is 13.5. The van der Waals surface area contributed by atoms with Gasteiger partial charge in [-0.05, 0) is 50.2 Å². The van der Waals surface area contributed by atoms with E-state index in [9.17, 15) is 9.59 Å². The van der Waals surface area contributed by atoms with E-state index in [0.29, 0.717) is 26.4 Å². The monoisotopic (exact) mass is 595 g/mol. The van der Waals surface area contributed by atoms with Gasteiger partial charge in [-0.2, -0.15) is 9.03 Å². The second-order valence-electron chi connectivity index (χ2n) is 7.12. The summed E-state index contributed by atoms with van der Waals surface area (Å²) in [4.78, 5) is 23.2. The molecule has 2 aliphatic heterocycles. The Bertz CT molecular complexity index is 961. The van der Waals surface area contributed by atoms with E-state index in [1.807, 2.05) is 0 Å². The Kier molecular flexibility index (Phi) is 12.7. The first kappa shape index (κ1) is 30.7. The predicted octanol–water partition coefficient (Wildman–Crippen LogP) is 6.43. The third-order valence-corrected chi connectivity index (χ3v) is 13.6. The number of carbonyl (C=O) groups excluding carboxylic acids is 2. The highest BCUT2D eigenvalue weighted by Crippen LogP contribution is 2.83. The molecule has 0 aromatic rings. The fraction of sp³-hybridized carbons (Fsp3) is 0.667. The number of hydrogen-bond acceptors (Lipinski definition) is 12. The molecule has 2 atom stereocenters. The van der Waals surface area contributed by atoms with E-state index in [1.165, 1.54) is 26.0 Å². The van der Waals surface area contributed by atoms with Crippen LogP contribution >= 0.6 is 43.7 Å². The van der Waals surface area contributed by atoms with Crippen LogP contribution in [-0.4, -0.2) is 64.4 Å². The van der Waals surface area contributed by atoms with Crippen LogP contribution in [0.4, 0.5) is 0 Å². The number of ketones is 2. The number of ether oxygens (including phenoxy) is 3. The van der Waals surface area contributed by atoms with Crippen molar-refractivity contribution in [1.82, 2.24) is 0 Å². The van der Waals surface area contributed by atoms with Crippen LogP contribution in [0.1, 0.15) is 27.7 Å². The van der Waals surface area contributed by atoms with Crippen LogP contribution in [0.2, 0.25) is 0 Å². The average molecular weight is 596 g/mol. The Morgan fingerprint density at radius 2 is 1.03 bits per heavy atom. The minimum atomic E-state index is -3.67. The van der Waals surface area contributed by atoms with Gasteiger partial charge in [0.1, 0.15) is 11.5 Å². The summed E-state index contributed by atoms with van der Waals surface area (Å²) in [6.45, 7) is 7.59. The van der Waals surface area contributed by atoms with Gasteiger partial charge in [0.15, 0.2) is 11.6 Å². The molecule has 2 bridgehead atoms. The topological polar surface area (TPSA) is 136 Å². The van der Waals surface area contributed by atoms with Crippen LogP contribution in [0.15, 0.2) is 37.2 Å². The second kappa shape index (κ2) is 14.4. The number of fused-ring (bicyclic) bond motifs is 1. The van der Waals surface area contributed by atoms with Crippen molar-refractivity contribution in [2.45, 2.75) is 27.7 Å². The molecule has 0 aliphatic carbocycles. The largest absolute Gasteiger partial charge is 0.427 e. The highest BCUT2D eigenvalue weighted by atomic mass is 35.9. The molecule has 200 valence electrons. The Morgan fingerprint density at radius 3 is 1.43 bits per heavy atom. The normalized spacial score (nSPS) is 29.1. The van der Waals surface area contributed by atoms with Crippen LogP contribution in [0.25, 0.3) is 0 Å². The van der Waals surface area contributed by atoms with E-state index >= 15 is 0 Å². The van der Waals surface area contributed by atoms with Crippen molar-refractivity contribution in [2.75, 3.05) is 52.9 Å². The summed E-state index contributed by atoms with van der Waals surface area (Å²) in [5, 5.41) is 0. The van der Waals surface area contributed by atoms with E-state index in [2.05, 4.69) is 13.5 Å². The van der Waals surface area contributed by atoms with Crippen molar-refractivity contribution >= 4 is 55.3 Å². The molecule has 0 aromatic heterocycles. The lowest BCUT2D eigenvalue weighted by Gasteiger charge is -2.30. The number of halogens is 2. The SMILES string of the molecule is CC(=O)/C=C(\C)OP12=NP(Cl)(Cl)=NP(O/C(C)=C/C(C)=O)(=N1)OCCOCCOCCOCCO2. The Morgan fingerprint density at radius 1 is 0.657 bits per heavy atom. The van der Waals surface area contributed by atoms with Crippen molar-refractivity contribution < 1.29 is 41.9 Å². The van der Waals surface area contributed by atoms with Gasteiger partial charge in [0, 0.05) is 12.2 Å². The molecule has 17 heteroatoms. The van der Waals surface area contributed by atoms with Crippen LogP contribution in [0, 0.1) is 0 Å². The van der Waals surface area contributed by atoms with Crippen molar-refractivity contribution in [3.8, 4) is 0 Å². The first-order valence-electron chi connectivity index (χ1n) is 10.5. The summed E-state index contributed by atoms with van der Waals surface area (Å²) >= 11 is 13.0. The molecule has 2 unspecified atom stereocenters. The number of carbonyl (C=O) groups is 2. The van der Waals surface area contributed by atoms with E-state index < -0.39 is 21.2 Å². The number of hydrogen-bond donors (Lipinski definition) is 0. The number of rotatable bonds is 6. The molecular weight excluding hydrogens is 566 g/mol. The van der Waals surface area contributed by atoms with E-state index in [-0.39, 0.29) is 49.5 Å². The van der Waals surface area contributed by atoms with Gasteiger partial charge in [0.25, 0.3) is 5.91 Å². The third kappa shape index (κ3) is 11.6. The van der Waals surface area contributed by atoms with Crippen LogP contribution in [0.5, 0.6) is 0 Å². The molecule has 0 N–H and O–H groups in total. The van der Waals surface area contributed by atoms with Crippen molar-refractivity contribution in [3.63, 3.8) is 0 Å². The Labute approximate surface area is 214 Å². The molecule has 0 amide bonds. The highest BCUT2D eigenvalue weighted by molar-refractivity contribution is 8.13. The lowest BCUT2D eigenvalue weighted by molar-refractivity contribution is -0.113. The van der Waals surface area contributed by atoms with Crippen LogP contribution < -0.4 is 0 Å². The molecule has 2 aliphatic rings. The van der Waals surface area contributed by atoms with Crippen molar-refractivity contribution in [1.29, 1.82) is 0 Å². The summed E-state index contributed by atoms with van der Waals surface area (Å²) in [6, 6.07) is 0. The Balaban J connectivity index is 2.60. The zero-order valence-electron chi connectivity index (χ0n) is 19.9.